The minimum absolute atomic E-state index is 0.216. The third-order valence-corrected chi connectivity index (χ3v) is 4.69. The maximum Gasteiger partial charge on any atom is 0.314 e. The van der Waals surface area contributed by atoms with Gasteiger partial charge in [0, 0.05) is 0 Å². The molecule has 19 heavy (non-hydrogen) atoms. The van der Waals surface area contributed by atoms with Crippen LogP contribution in [-0.2, 0) is 10.2 Å². The second kappa shape index (κ2) is 4.62. The Hall–Kier alpha value is -1.38. The number of carboxylic acid groups (broad SMARTS) is 1. The Balaban J connectivity index is 1.98. The van der Waals surface area contributed by atoms with Crippen molar-refractivity contribution in [3.8, 4) is 0 Å². The largest absolute Gasteiger partial charge is 0.481 e. The summed E-state index contributed by atoms with van der Waals surface area (Å²) in [5.41, 5.74) is 0.558. The van der Waals surface area contributed by atoms with Crippen molar-refractivity contribution in [2.45, 2.75) is 56.3 Å². The van der Waals surface area contributed by atoms with E-state index in [9.17, 15) is 14.3 Å². The summed E-state index contributed by atoms with van der Waals surface area (Å²) in [5, 5.41) is 9.60. The Kier molecular flexibility index (Phi) is 3.08. The van der Waals surface area contributed by atoms with Crippen LogP contribution >= 0.6 is 0 Å². The highest BCUT2D eigenvalue weighted by Gasteiger charge is 2.42. The van der Waals surface area contributed by atoms with Gasteiger partial charge < -0.3 is 5.11 Å². The molecule has 2 nitrogen and oxygen atoms in total. The van der Waals surface area contributed by atoms with Crippen molar-refractivity contribution < 1.29 is 14.3 Å². The standard InChI is InChI=1S/C16H19FO2/c17-14-10-12(6-7-13(14)11-4-5-11)16(15(18)19)8-2-1-3-9-16/h6-7,10-11H,1-5,8-9H2,(H,18,19). The first-order chi connectivity index (χ1) is 9.13. The van der Waals surface area contributed by atoms with Crippen LogP contribution in [0.15, 0.2) is 18.2 Å². The monoisotopic (exact) mass is 262 g/mol. The van der Waals surface area contributed by atoms with E-state index in [-0.39, 0.29) is 5.82 Å². The summed E-state index contributed by atoms with van der Waals surface area (Å²) in [6, 6.07) is 5.13. The number of rotatable bonds is 3. The minimum Gasteiger partial charge on any atom is -0.481 e. The van der Waals surface area contributed by atoms with Crippen molar-refractivity contribution >= 4 is 5.97 Å². The molecule has 1 aromatic rings. The molecule has 0 atom stereocenters. The van der Waals surface area contributed by atoms with Crippen LogP contribution < -0.4 is 0 Å². The van der Waals surface area contributed by atoms with E-state index in [2.05, 4.69) is 0 Å². The van der Waals surface area contributed by atoms with Gasteiger partial charge >= 0.3 is 5.97 Å². The smallest absolute Gasteiger partial charge is 0.314 e. The fraction of sp³-hybridized carbons (Fsp3) is 0.562. The molecule has 0 bridgehead atoms. The maximum absolute atomic E-state index is 14.1. The molecule has 102 valence electrons. The quantitative estimate of drug-likeness (QED) is 0.894. The first-order valence-corrected chi connectivity index (χ1v) is 7.17. The van der Waals surface area contributed by atoms with Gasteiger partial charge in [-0.05, 0) is 48.8 Å². The van der Waals surface area contributed by atoms with E-state index in [4.69, 9.17) is 0 Å². The fourth-order valence-corrected chi connectivity index (χ4v) is 3.33. The van der Waals surface area contributed by atoms with Gasteiger partial charge in [0.25, 0.3) is 0 Å². The van der Waals surface area contributed by atoms with Gasteiger partial charge in [0.2, 0.25) is 0 Å². The first kappa shape index (κ1) is 12.6. The zero-order chi connectivity index (χ0) is 13.5. The summed E-state index contributed by atoms with van der Waals surface area (Å²) in [4.78, 5) is 11.7. The van der Waals surface area contributed by atoms with Crippen LogP contribution in [0.25, 0.3) is 0 Å². The lowest BCUT2D eigenvalue weighted by atomic mass is 9.69. The van der Waals surface area contributed by atoms with E-state index in [1.807, 2.05) is 12.1 Å². The molecule has 1 aromatic carbocycles. The number of carbonyl (C=O) groups is 1. The molecule has 0 amide bonds. The zero-order valence-corrected chi connectivity index (χ0v) is 11.0. The lowest BCUT2D eigenvalue weighted by molar-refractivity contribution is -0.145. The van der Waals surface area contributed by atoms with Crippen molar-refractivity contribution in [1.29, 1.82) is 0 Å². The summed E-state index contributed by atoms with van der Waals surface area (Å²) < 4.78 is 14.1. The van der Waals surface area contributed by atoms with Gasteiger partial charge in [-0.2, -0.15) is 0 Å². The highest BCUT2D eigenvalue weighted by molar-refractivity contribution is 5.81. The number of hydrogen-bond acceptors (Lipinski definition) is 1. The Morgan fingerprint density at radius 3 is 2.42 bits per heavy atom. The molecule has 3 heteroatoms. The minimum atomic E-state index is -0.860. The molecule has 2 fully saturated rings. The lowest BCUT2D eigenvalue weighted by Crippen LogP contribution is -2.37. The third-order valence-electron chi connectivity index (χ3n) is 4.69. The Morgan fingerprint density at radius 2 is 1.89 bits per heavy atom. The summed E-state index contributed by atoms with van der Waals surface area (Å²) in [6.07, 6.45) is 6.28. The summed E-state index contributed by atoms with van der Waals surface area (Å²) in [6.45, 7) is 0. The molecule has 3 rings (SSSR count). The molecule has 2 aliphatic rings. The highest BCUT2D eigenvalue weighted by Crippen LogP contribution is 2.44. The van der Waals surface area contributed by atoms with Gasteiger partial charge in [-0.1, -0.05) is 31.4 Å². The molecule has 0 unspecified atom stereocenters. The van der Waals surface area contributed by atoms with Gasteiger partial charge in [0.1, 0.15) is 5.82 Å². The van der Waals surface area contributed by atoms with Crippen LogP contribution in [0.2, 0.25) is 0 Å². The van der Waals surface area contributed by atoms with Gasteiger partial charge in [0.05, 0.1) is 5.41 Å². The maximum atomic E-state index is 14.1. The highest BCUT2D eigenvalue weighted by atomic mass is 19.1. The molecular weight excluding hydrogens is 243 g/mol. The van der Waals surface area contributed by atoms with E-state index < -0.39 is 11.4 Å². The normalized spacial score (nSPS) is 22.2. The Labute approximate surface area is 112 Å². The van der Waals surface area contributed by atoms with Crippen molar-refractivity contribution in [3.63, 3.8) is 0 Å². The van der Waals surface area contributed by atoms with Crippen molar-refractivity contribution in [3.05, 3.63) is 35.1 Å². The van der Waals surface area contributed by atoms with E-state index >= 15 is 0 Å². The van der Waals surface area contributed by atoms with E-state index in [0.717, 1.165) is 37.7 Å². The van der Waals surface area contributed by atoms with E-state index in [1.165, 1.54) is 6.07 Å². The predicted molar refractivity (Wildman–Crippen MR) is 70.8 cm³/mol. The molecule has 0 spiro atoms. The summed E-state index contributed by atoms with van der Waals surface area (Å²) >= 11 is 0. The average Bonchev–Trinajstić information content (AvgIpc) is 3.23. The second-order valence-corrected chi connectivity index (χ2v) is 5.96. The number of hydrogen-bond donors (Lipinski definition) is 1. The number of carboxylic acids is 1. The lowest BCUT2D eigenvalue weighted by Gasteiger charge is -2.33. The Morgan fingerprint density at radius 1 is 1.21 bits per heavy atom. The molecule has 0 aromatic heterocycles. The van der Waals surface area contributed by atoms with E-state index in [1.54, 1.807) is 0 Å². The van der Waals surface area contributed by atoms with Crippen molar-refractivity contribution in [1.82, 2.24) is 0 Å². The molecule has 0 heterocycles. The topological polar surface area (TPSA) is 37.3 Å². The number of benzene rings is 1. The van der Waals surface area contributed by atoms with E-state index in [0.29, 0.717) is 24.3 Å². The van der Waals surface area contributed by atoms with Crippen LogP contribution in [0.5, 0.6) is 0 Å². The summed E-state index contributed by atoms with van der Waals surface area (Å²) in [7, 11) is 0. The van der Waals surface area contributed by atoms with Gasteiger partial charge in [-0.25, -0.2) is 4.39 Å². The molecule has 0 aliphatic heterocycles. The fourth-order valence-electron chi connectivity index (χ4n) is 3.33. The van der Waals surface area contributed by atoms with Crippen LogP contribution in [0.1, 0.15) is 62.0 Å². The SMILES string of the molecule is O=C(O)C1(c2ccc(C3CC3)c(F)c2)CCCCC1. The van der Waals surface area contributed by atoms with Crippen LogP contribution in [0, 0.1) is 5.82 Å². The zero-order valence-electron chi connectivity index (χ0n) is 11.0. The van der Waals surface area contributed by atoms with Crippen LogP contribution in [0.4, 0.5) is 4.39 Å². The van der Waals surface area contributed by atoms with Gasteiger partial charge in [0.15, 0.2) is 0 Å². The number of aliphatic carboxylic acids is 1. The number of halogens is 1. The molecule has 2 saturated carbocycles. The Bertz CT molecular complexity index is 499. The predicted octanol–water partition coefficient (Wildman–Crippen LogP) is 3.99. The summed E-state index contributed by atoms with van der Waals surface area (Å²) in [5.74, 6) is -0.654. The van der Waals surface area contributed by atoms with Crippen LogP contribution in [-0.4, -0.2) is 11.1 Å². The van der Waals surface area contributed by atoms with Gasteiger partial charge in [-0.3, -0.25) is 4.79 Å². The second-order valence-electron chi connectivity index (χ2n) is 5.96. The first-order valence-electron chi connectivity index (χ1n) is 7.17. The van der Waals surface area contributed by atoms with Gasteiger partial charge in [-0.15, -0.1) is 0 Å². The van der Waals surface area contributed by atoms with Crippen LogP contribution in [0.3, 0.4) is 0 Å². The molecule has 1 N–H and O–H groups in total. The average molecular weight is 262 g/mol. The molecule has 0 radical (unpaired) electrons. The molecule has 0 saturated heterocycles. The third kappa shape index (κ3) is 2.15. The molecular formula is C16H19FO2. The van der Waals surface area contributed by atoms with Crippen molar-refractivity contribution in [2.75, 3.05) is 0 Å². The molecule has 2 aliphatic carbocycles. The van der Waals surface area contributed by atoms with Crippen molar-refractivity contribution in [2.24, 2.45) is 0 Å².